The number of methoxy groups -OCH3 is 1. The molecule has 0 atom stereocenters. The Kier molecular flexibility index (Phi) is 6.59. The number of nitrogens with zero attached hydrogens (tertiary/aromatic N) is 1. The maximum atomic E-state index is 12.1. The number of rotatable bonds is 6. The second kappa shape index (κ2) is 9.31. The molecule has 140 valence electrons. The lowest BCUT2D eigenvalue weighted by molar-refractivity contribution is 0.0600. The molecule has 0 radical (unpaired) electrons. The quantitative estimate of drug-likeness (QED) is 0.606. The Morgan fingerprint density at radius 3 is 2.78 bits per heavy atom. The number of hydrogen-bond acceptors (Lipinski definition) is 4. The third-order valence-corrected chi connectivity index (χ3v) is 4.94. The van der Waals surface area contributed by atoms with Crippen molar-refractivity contribution in [2.75, 3.05) is 26.7 Å². The Balaban J connectivity index is 1.79. The molecule has 2 N–H and O–H groups in total. The molecule has 1 heterocycles. The third kappa shape index (κ3) is 5.16. The number of carbonyl (C=O) groups excluding carboxylic acids is 1. The first-order valence-corrected chi connectivity index (χ1v) is 9.31. The highest BCUT2D eigenvalue weighted by Gasteiger charge is 2.13. The van der Waals surface area contributed by atoms with Crippen molar-refractivity contribution in [2.45, 2.75) is 19.4 Å². The van der Waals surface area contributed by atoms with E-state index in [2.05, 4.69) is 21.5 Å². The van der Waals surface area contributed by atoms with Gasteiger partial charge in [0, 0.05) is 6.54 Å². The average molecular weight is 363 g/mol. The van der Waals surface area contributed by atoms with E-state index < -0.39 is 0 Å². The van der Waals surface area contributed by atoms with Crippen molar-refractivity contribution >= 4 is 11.7 Å². The molecule has 5 nitrogen and oxygen atoms in total. The average Bonchev–Trinajstić information content (AvgIpc) is 2.73. The summed E-state index contributed by atoms with van der Waals surface area (Å²) in [5.41, 5.74) is 3.99. The van der Waals surface area contributed by atoms with Crippen molar-refractivity contribution in [3.05, 3.63) is 65.0 Å². The Bertz CT molecular complexity index is 836. The minimum atomic E-state index is -0.349. The Hall–Kier alpha value is -2.68. The minimum absolute atomic E-state index is 0.349. The van der Waals surface area contributed by atoms with Gasteiger partial charge < -0.3 is 15.4 Å². The van der Waals surface area contributed by atoms with Gasteiger partial charge in [-0.05, 0) is 79.3 Å². The first-order chi connectivity index (χ1) is 13.2. The van der Waals surface area contributed by atoms with Crippen LogP contribution in [0, 0.1) is 12.5 Å². The Labute approximate surface area is 160 Å². The number of hydrogen-bond donors (Lipinski definition) is 2. The summed E-state index contributed by atoms with van der Waals surface area (Å²) >= 11 is 0. The Morgan fingerprint density at radius 1 is 1.22 bits per heavy atom. The fraction of sp³-hybridized carbons (Fsp3) is 0.364. The first kappa shape index (κ1) is 19.1. The molecular formula is C22H25N3O2. The van der Waals surface area contributed by atoms with Crippen LogP contribution in [0.25, 0.3) is 16.0 Å². The van der Waals surface area contributed by atoms with Crippen LogP contribution in [-0.2, 0) is 11.3 Å². The maximum Gasteiger partial charge on any atom is 0.337 e. The van der Waals surface area contributed by atoms with Gasteiger partial charge in [0.05, 0.1) is 19.2 Å². The fourth-order valence-electron chi connectivity index (χ4n) is 3.46. The lowest BCUT2D eigenvalue weighted by Crippen LogP contribution is -2.33. The van der Waals surface area contributed by atoms with Gasteiger partial charge in [0.25, 0.3) is 0 Å². The molecule has 0 aromatic heterocycles. The summed E-state index contributed by atoms with van der Waals surface area (Å²) in [7, 11) is 1.39. The van der Waals surface area contributed by atoms with Gasteiger partial charge in [-0.25, -0.2) is 9.64 Å². The van der Waals surface area contributed by atoms with Crippen molar-refractivity contribution in [1.82, 2.24) is 10.6 Å². The summed E-state index contributed by atoms with van der Waals surface area (Å²) < 4.78 is 4.91. The summed E-state index contributed by atoms with van der Waals surface area (Å²) in [6, 6.07) is 13.2. The van der Waals surface area contributed by atoms with E-state index in [1.807, 2.05) is 30.3 Å². The van der Waals surface area contributed by atoms with Crippen LogP contribution in [0.2, 0.25) is 0 Å². The predicted octanol–water partition coefficient (Wildman–Crippen LogP) is 3.78. The molecule has 0 saturated carbocycles. The largest absolute Gasteiger partial charge is 0.465 e. The summed E-state index contributed by atoms with van der Waals surface area (Å²) in [5, 5.41) is 6.91. The highest BCUT2D eigenvalue weighted by atomic mass is 16.5. The number of benzene rings is 2. The topological polar surface area (TPSA) is 54.7 Å². The van der Waals surface area contributed by atoms with E-state index in [0.29, 0.717) is 23.7 Å². The van der Waals surface area contributed by atoms with Crippen LogP contribution in [0.5, 0.6) is 0 Å². The number of piperidine rings is 1. The van der Waals surface area contributed by atoms with Crippen molar-refractivity contribution in [3.63, 3.8) is 0 Å². The van der Waals surface area contributed by atoms with Crippen LogP contribution in [0.3, 0.4) is 0 Å². The molecule has 0 unspecified atom stereocenters. The van der Waals surface area contributed by atoms with E-state index in [0.717, 1.165) is 36.3 Å². The molecule has 3 rings (SSSR count). The van der Waals surface area contributed by atoms with Crippen LogP contribution in [0.15, 0.2) is 42.5 Å². The summed E-state index contributed by atoms with van der Waals surface area (Å²) in [4.78, 5) is 15.6. The molecule has 5 heteroatoms. The van der Waals surface area contributed by atoms with Gasteiger partial charge in [0.2, 0.25) is 0 Å². The van der Waals surface area contributed by atoms with Gasteiger partial charge in [0.1, 0.15) is 0 Å². The predicted molar refractivity (Wildman–Crippen MR) is 107 cm³/mol. The minimum Gasteiger partial charge on any atom is -0.465 e. The summed E-state index contributed by atoms with van der Waals surface area (Å²) in [6.07, 6.45) is 2.40. The van der Waals surface area contributed by atoms with Gasteiger partial charge in [-0.1, -0.05) is 18.2 Å². The standard InChI is InChI=1S/C22H25N3O2/c1-23-21-5-3-4-18(13-21)19-10-17(11-20(12-19)22(26)27-2)15-25-14-16-6-8-24-9-7-16/h3-5,10-13,16,24-25H,6-9,14-15H2,2H3. The molecular weight excluding hydrogens is 338 g/mol. The summed E-state index contributed by atoms with van der Waals surface area (Å²) in [5.74, 6) is 0.350. The van der Waals surface area contributed by atoms with Gasteiger partial charge in [-0.2, -0.15) is 0 Å². The molecule has 2 aromatic carbocycles. The molecule has 1 saturated heterocycles. The molecule has 1 fully saturated rings. The van der Waals surface area contributed by atoms with Crippen LogP contribution in [-0.4, -0.2) is 32.7 Å². The van der Waals surface area contributed by atoms with Gasteiger partial charge in [-0.3, -0.25) is 0 Å². The second-order valence-electron chi connectivity index (χ2n) is 6.90. The van der Waals surface area contributed by atoms with Crippen molar-refractivity contribution < 1.29 is 9.53 Å². The van der Waals surface area contributed by atoms with Crippen molar-refractivity contribution in [2.24, 2.45) is 5.92 Å². The van der Waals surface area contributed by atoms with E-state index >= 15 is 0 Å². The smallest absolute Gasteiger partial charge is 0.337 e. The van der Waals surface area contributed by atoms with E-state index in [9.17, 15) is 4.79 Å². The van der Waals surface area contributed by atoms with Crippen LogP contribution < -0.4 is 10.6 Å². The van der Waals surface area contributed by atoms with Gasteiger partial charge in [0.15, 0.2) is 5.69 Å². The zero-order chi connectivity index (χ0) is 19.1. The van der Waals surface area contributed by atoms with Crippen molar-refractivity contribution in [1.29, 1.82) is 0 Å². The van der Waals surface area contributed by atoms with E-state index in [1.165, 1.54) is 20.0 Å². The van der Waals surface area contributed by atoms with Gasteiger partial charge >= 0.3 is 5.97 Å². The second-order valence-corrected chi connectivity index (χ2v) is 6.90. The highest BCUT2D eigenvalue weighted by Crippen LogP contribution is 2.26. The SMILES string of the molecule is [C-]#[N+]c1cccc(-c2cc(CNCC3CCNCC3)cc(C(=O)OC)c2)c1. The molecule has 0 bridgehead atoms. The van der Waals surface area contributed by atoms with Crippen LogP contribution in [0.1, 0.15) is 28.8 Å². The fourth-order valence-corrected chi connectivity index (χ4v) is 3.46. The molecule has 27 heavy (non-hydrogen) atoms. The normalized spacial score (nSPS) is 14.5. The van der Waals surface area contributed by atoms with Crippen LogP contribution >= 0.6 is 0 Å². The number of carbonyl (C=O) groups is 1. The maximum absolute atomic E-state index is 12.1. The van der Waals surface area contributed by atoms with Crippen LogP contribution in [0.4, 0.5) is 5.69 Å². The third-order valence-electron chi connectivity index (χ3n) is 4.94. The monoisotopic (exact) mass is 363 g/mol. The lowest BCUT2D eigenvalue weighted by atomic mass is 9.97. The number of ether oxygens (including phenoxy) is 1. The first-order valence-electron chi connectivity index (χ1n) is 9.31. The molecule has 0 spiro atoms. The molecule has 2 aromatic rings. The highest BCUT2D eigenvalue weighted by molar-refractivity contribution is 5.91. The van der Waals surface area contributed by atoms with E-state index in [4.69, 9.17) is 11.3 Å². The lowest BCUT2D eigenvalue weighted by Gasteiger charge is -2.23. The number of nitrogens with one attached hydrogen (secondary N) is 2. The zero-order valence-corrected chi connectivity index (χ0v) is 15.6. The van der Waals surface area contributed by atoms with E-state index in [-0.39, 0.29) is 5.97 Å². The molecule has 1 aliphatic rings. The summed E-state index contributed by atoms with van der Waals surface area (Å²) in [6.45, 7) is 11.1. The molecule has 0 aliphatic carbocycles. The zero-order valence-electron chi connectivity index (χ0n) is 15.6. The molecule has 0 amide bonds. The van der Waals surface area contributed by atoms with E-state index in [1.54, 1.807) is 6.07 Å². The number of esters is 1. The van der Waals surface area contributed by atoms with Crippen molar-refractivity contribution in [3.8, 4) is 11.1 Å². The van der Waals surface area contributed by atoms with Gasteiger partial charge in [-0.15, -0.1) is 0 Å². The Morgan fingerprint density at radius 2 is 2.04 bits per heavy atom. The molecule has 1 aliphatic heterocycles.